The van der Waals surface area contributed by atoms with Crippen LogP contribution in [0.4, 0.5) is 42.9 Å². The Morgan fingerprint density at radius 2 is 0.951 bits per heavy atom. The average molecular weight is 532 g/mol. The molecule has 6 aromatic rings. The lowest BCUT2D eigenvalue weighted by molar-refractivity contribution is 0.585. The topological polar surface area (TPSA) is 6.48 Å². The van der Waals surface area contributed by atoms with Gasteiger partial charge in [-0.3, -0.25) is 0 Å². The second-order valence-corrected chi connectivity index (χ2v) is 10.4. The molecule has 0 saturated heterocycles. The van der Waals surface area contributed by atoms with Gasteiger partial charge in [0.25, 0.3) is 6.71 Å². The molecule has 0 spiro atoms. The first kappa shape index (κ1) is 23.7. The van der Waals surface area contributed by atoms with Crippen molar-refractivity contribution in [2.75, 3.05) is 9.80 Å². The standard InChI is InChI=1S/C36H23BF2N2/c38-25-19-20-28(31(39)23-25)24-21-34-36-35(22-24)41(27-13-5-2-6-14-27)33-18-10-8-16-30(33)37(36)29-15-7-9-17-32(29)40(34)26-11-3-1-4-12-26/h1-23H. The Bertz CT molecular complexity index is 1830. The fourth-order valence-electron chi connectivity index (χ4n) is 6.49. The molecule has 6 aromatic carbocycles. The van der Waals surface area contributed by atoms with Gasteiger partial charge in [-0.25, -0.2) is 8.78 Å². The van der Waals surface area contributed by atoms with Crippen LogP contribution in [-0.4, -0.2) is 6.71 Å². The quantitative estimate of drug-likeness (QED) is 0.215. The minimum absolute atomic E-state index is 0.0144. The third-order valence-electron chi connectivity index (χ3n) is 8.16. The highest BCUT2D eigenvalue weighted by atomic mass is 19.1. The Morgan fingerprint density at radius 1 is 0.463 bits per heavy atom. The van der Waals surface area contributed by atoms with E-state index in [1.165, 1.54) is 23.1 Å². The van der Waals surface area contributed by atoms with E-state index in [0.29, 0.717) is 11.1 Å². The van der Waals surface area contributed by atoms with Gasteiger partial charge < -0.3 is 9.80 Å². The van der Waals surface area contributed by atoms with E-state index in [-0.39, 0.29) is 6.71 Å². The maximum absolute atomic E-state index is 15.3. The van der Waals surface area contributed by atoms with Crippen LogP contribution in [0.2, 0.25) is 0 Å². The van der Waals surface area contributed by atoms with Gasteiger partial charge in [0, 0.05) is 45.8 Å². The smallest absolute Gasteiger partial charge is 0.252 e. The zero-order valence-electron chi connectivity index (χ0n) is 22.0. The first-order valence-corrected chi connectivity index (χ1v) is 13.7. The first-order chi connectivity index (χ1) is 20.2. The molecule has 0 unspecified atom stereocenters. The third kappa shape index (κ3) is 3.62. The number of para-hydroxylation sites is 4. The van der Waals surface area contributed by atoms with Gasteiger partial charge in [-0.15, -0.1) is 0 Å². The molecule has 0 N–H and O–H groups in total. The Hall–Kier alpha value is -5.16. The summed E-state index contributed by atoms with van der Waals surface area (Å²) in [6, 6.07) is 45.5. The van der Waals surface area contributed by atoms with Crippen molar-refractivity contribution in [3.05, 3.63) is 151 Å². The number of halogens is 2. The molecule has 0 saturated carbocycles. The summed E-state index contributed by atoms with van der Waals surface area (Å²) in [7, 11) is 0. The van der Waals surface area contributed by atoms with Crippen molar-refractivity contribution in [1.29, 1.82) is 0 Å². The van der Waals surface area contributed by atoms with E-state index in [0.717, 1.165) is 45.7 Å². The van der Waals surface area contributed by atoms with E-state index in [4.69, 9.17) is 0 Å². The Balaban J connectivity index is 1.51. The number of hydrogen-bond donors (Lipinski definition) is 0. The number of fused-ring (bicyclic) bond motifs is 4. The maximum Gasteiger partial charge on any atom is 0.252 e. The summed E-state index contributed by atoms with van der Waals surface area (Å²) in [6.45, 7) is -0.0144. The zero-order chi connectivity index (χ0) is 27.5. The second kappa shape index (κ2) is 9.21. The van der Waals surface area contributed by atoms with Crippen molar-refractivity contribution in [3.63, 3.8) is 0 Å². The molecular weight excluding hydrogens is 509 g/mol. The molecule has 2 nitrogen and oxygen atoms in total. The molecule has 5 heteroatoms. The van der Waals surface area contributed by atoms with Gasteiger partial charge in [0.05, 0.1) is 0 Å². The van der Waals surface area contributed by atoms with Crippen molar-refractivity contribution >= 4 is 57.2 Å². The van der Waals surface area contributed by atoms with Gasteiger partial charge in [0.2, 0.25) is 0 Å². The molecule has 0 atom stereocenters. The molecule has 0 aliphatic carbocycles. The summed E-state index contributed by atoms with van der Waals surface area (Å²) in [5.74, 6) is -1.18. The molecule has 194 valence electrons. The molecule has 0 bridgehead atoms. The highest BCUT2D eigenvalue weighted by Gasteiger charge is 2.43. The van der Waals surface area contributed by atoms with Crippen LogP contribution in [-0.2, 0) is 0 Å². The Morgan fingerprint density at radius 3 is 1.46 bits per heavy atom. The second-order valence-electron chi connectivity index (χ2n) is 10.4. The number of hydrogen-bond acceptors (Lipinski definition) is 2. The van der Waals surface area contributed by atoms with Crippen molar-refractivity contribution < 1.29 is 8.78 Å². The van der Waals surface area contributed by atoms with Gasteiger partial charge >= 0.3 is 0 Å². The van der Waals surface area contributed by atoms with E-state index >= 15 is 4.39 Å². The van der Waals surface area contributed by atoms with Crippen LogP contribution in [0.3, 0.4) is 0 Å². The van der Waals surface area contributed by atoms with E-state index in [1.54, 1.807) is 0 Å². The van der Waals surface area contributed by atoms with Gasteiger partial charge in [-0.05, 0) is 82.6 Å². The normalized spacial score (nSPS) is 13.0. The van der Waals surface area contributed by atoms with Gasteiger partial charge in [-0.2, -0.15) is 0 Å². The first-order valence-electron chi connectivity index (χ1n) is 13.7. The number of benzene rings is 6. The van der Waals surface area contributed by atoms with E-state index in [2.05, 4.69) is 94.7 Å². The molecule has 2 heterocycles. The summed E-state index contributed by atoms with van der Waals surface area (Å²) in [5.41, 5.74) is 10.8. The van der Waals surface area contributed by atoms with E-state index < -0.39 is 11.6 Å². The lowest BCUT2D eigenvalue weighted by atomic mass is 9.33. The summed E-state index contributed by atoms with van der Waals surface area (Å²) in [6.07, 6.45) is 0. The van der Waals surface area contributed by atoms with Crippen LogP contribution in [0.25, 0.3) is 11.1 Å². The lowest BCUT2D eigenvalue weighted by Crippen LogP contribution is -2.61. The SMILES string of the molecule is Fc1ccc(-c2cc3c4c(c2)N(c2ccccc2)c2ccccc2B4c2ccccc2N3c2ccccc2)c(F)c1. The lowest BCUT2D eigenvalue weighted by Gasteiger charge is -2.44. The molecule has 0 radical (unpaired) electrons. The number of nitrogens with zero attached hydrogens (tertiary/aromatic N) is 2. The van der Waals surface area contributed by atoms with Crippen LogP contribution in [0.5, 0.6) is 0 Å². The molecule has 0 aromatic heterocycles. The molecular formula is C36H23BF2N2. The number of rotatable bonds is 3. The van der Waals surface area contributed by atoms with Gasteiger partial charge in [0.15, 0.2) is 0 Å². The molecule has 41 heavy (non-hydrogen) atoms. The molecule has 8 rings (SSSR count). The van der Waals surface area contributed by atoms with Crippen LogP contribution in [0.1, 0.15) is 0 Å². The summed E-state index contributed by atoms with van der Waals surface area (Å²) < 4.78 is 29.3. The average Bonchev–Trinajstić information content (AvgIpc) is 3.01. The Labute approximate surface area is 237 Å². The van der Waals surface area contributed by atoms with Crippen molar-refractivity contribution in [1.82, 2.24) is 0 Å². The van der Waals surface area contributed by atoms with Gasteiger partial charge in [-0.1, -0.05) is 72.8 Å². The predicted octanol–water partition coefficient (Wildman–Crippen LogP) is 7.71. The highest BCUT2D eigenvalue weighted by Crippen LogP contribution is 2.45. The molecule has 0 fully saturated rings. The predicted molar refractivity (Wildman–Crippen MR) is 166 cm³/mol. The summed E-state index contributed by atoms with van der Waals surface area (Å²) in [4.78, 5) is 4.54. The maximum atomic E-state index is 15.3. The van der Waals surface area contributed by atoms with Crippen LogP contribution < -0.4 is 26.2 Å². The fourth-order valence-corrected chi connectivity index (χ4v) is 6.49. The third-order valence-corrected chi connectivity index (χ3v) is 8.16. The molecule has 2 aliphatic heterocycles. The van der Waals surface area contributed by atoms with E-state index in [9.17, 15) is 4.39 Å². The van der Waals surface area contributed by atoms with Crippen LogP contribution in [0.15, 0.2) is 140 Å². The number of anilines is 6. The molecule has 0 amide bonds. The fraction of sp³-hybridized carbons (Fsp3) is 0. The summed E-state index contributed by atoms with van der Waals surface area (Å²) >= 11 is 0. The van der Waals surface area contributed by atoms with Crippen LogP contribution >= 0.6 is 0 Å². The van der Waals surface area contributed by atoms with E-state index in [1.807, 2.05) is 36.4 Å². The van der Waals surface area contributed by atoms with Crippen molar-refractivity contribution in [2.45, 2.75) is 0 Å². The van der Waals surface area contributed by atoms with Gasteiger partial charge in [0.1, 0.15) is 11.6 Å². The Kier molecular flexibility index (Phi) is 5.32. The monoisotopic (exact) mass is 532 g/mol. The summed E-state index contributed by atoms with van der Waals surface area (Å²) in [5, 5.41) is 0. The molecule has 2 aliphatic rings. The minimum atomic E-state index is -0.592. The largest absolute Gasteiger partial charge is 0.311 e. The zero-order valence-corrected chi connectivity index (χ0v) is 22.0. The van der Waals surface area contributed by atoms with Crippen LogP contribution in [0, 0.1) is 11.6 Å². The van der Waals surface area contributed by atoms with Crippen molar-refractivity contribution in [2.24, 2.45) is 0 Å². The van der Waals surface area contributed by atoms with Crippen molar-refractivity contribution in [3.8, 4) is 11.1 Å². The minimum Gasteiger partial charge on any atom is -0.311 e. The highest BCUT2D eigenvalue weighted by molar-refractivity contribution is 7.00.